The van der Waals surface area contributed by atoms with Crippen molar-refractivity contribution >= 4 is 5.78 Å². The van der Waals surface area contributed by atoms with E-state index < -0.39 is 6.10 Å². The summed E-state index contributed by atoms with van der Waals surface area (Å²) in [5.41, 5.74) is 0.600. The van der Waals surface area contributed by atoms with Gasteiger partial charge in [-0.25, -0.2) is 4.98 Å². The van der Waals surface area contributed by atoms with Gasteiger partial charge in [-0.15, -0.1) is 0 Å². The molecule has 0 spiro atoms. The summed E-state index contributed by atoms with van der Waals surface area (Å²) in [5.74, 6) is 0.228. The van der Waals surface area contributed by atoms with E-state index in [1.54, 1.807) is 29.1 Å². The number of carbonyl (C=O) groups excluding carboxylic acids is 1. The Balaban J connectivity index is 1.65. The van der Waals surface area contributed by atoms with Gasteiger partial charge in [-0.3, -0.25) is 9.69 Å². The number of ketones is 1. The molecule has 1 saturated heterocycles. The Kier molecular flexibility index (Phi) is 5.17. The predicted molar refractivity (Wildman–Crippen MR) is 85.4 cm³/mol. The average molecular weight is 315 g/mol. The lowest BCUT2D eigenvalue weighted by Crippen LogP contribution is -2.42. The molecule has 0 unspecified atom stereocenters. The van der Waals surface area contributed by atoms with Crippen molar-refractivity contribution in [1.82, 2.24) is 14.5 Å². The quantitative estimate of drug-likeness (QED) is 0.799. The summed E-state index contributed by atoms with van der Waals surface area (Å²) in [5, 5.41) is 10.3. The zero-order chi connectivity index (χ0) is 16.1. The standard InChI is InChI=1S/C17H21N3O3/c21-15(12-19-8-10-23-11-9-19)13-20-7-6-18-17(20)16(22)14-4-2-1-3-5-14/h1-7,15,21H,8-13H2/t15-/m0/s1. The first-order chi connectivity index (χ1) is 11.2. The second kappa shape index (κ2) is 7.50. The molecule has 1 aromatic heterocycles. The van der Waals surface area contributed by atoms with Gasteiger partial charge in [0.05, 0.1) is 25.9 Å². The van der Waals surface area contributed by atoms with E-state index >= 15 is 0 Å². The van der Waals surface area contributed by atoms with Crippen molar-refractivity contribution in [3.63, 3.8) is 0 Å². The normalized spacial score (nSPS) is 17.1. The van der Waals surface area contributed by atoms with Crippen LogP contribution >= 0.6 is 0 Å². The Hall–Kier alpha value is -2.02. The molecule has 122 valence electrons. The van der Waals surface area contributed by atoms with E-state index in [1.165, 1.54) is 0 Å². The van der Waals surface area contributed by atoms with E-state index in [9.17, 15) is 9.90 Å². The van der Waals surface area contributed by atoms with Gasteiger partial charge in [-0.1, -0.05) is 30.3 Å². The summed E-state index contributed by atoms with van der Waals surface area (Å²) >= 11 is 0. The minimum absolute atomic E-state index is 0.130. The number of benzene rings is 1. The summed E-state index contributed by atoms with van der Waals surface area (Å²) < 4.78 is 7.03. The number of aliphatic hydroxyl groups excluding tert-OH is 1. The molecule has 0 radical (unpaired) electrons. The van der Waals surface area contributed by atoms with Gasteiger partial charge < -0.3 is 14.4 Å². The molecule has 3 rings (SSSR count). The average Bonchev–Trinajstić information content (AvgIpc) is 3.03. The number of hydrogen-bond acceptors (Lipinski definition) is 5. The number of aliphatic hydroxyl groups is 1. The van der Waals surface area contributed by atoms with Crippen molar-refractivity contribution in [2.24, 2.45) is 0 Å². The van der Waals surface area contributed by atoms with E-state index in [0.29, 0.717) is 37.7 Å². The van der Waals surface area contributed by atoms with Crippen LogP contribution in [-0.2, 0) is 11.3 Å². The molecular weight excluding hydrogens is 294 g/mol. The van der Waals surface area contributed by atoms with Crippen LogP contribution in [0.2, 0.25) is 0 Å². The predicted octanol–water partition coefficient (Wildman–Crippen LogP) is 0.807. The summed E-state index contributed by atoms with van der Waals surface area (Å²) in [7, 11) is 0. The molecule has 2 aromatic rings. The molecule has 1 aliphatic rings. The van der Waals surface area contributed by atoms with Gasteiger partial charge in [0.25, 0.3) is 0 Å². The molecule has 6 heteroatoms. The fourth-order valence-corrected chi connectivity index (χ4v) is 2.75. The highest BCUT2D eigenvalue weighted by Crippen LogP contribution is 2.09. The van der Waals surface area contributed by atoms with Crippen LogP contribution in [0.1, 0.15) is 16.2 Å². The molecule has 1 fully saturated rings. The van der Waals surface area contributed by atoms with Crippen molar-refractivity contribution in [2.75, 3.05) is 32.8 Å². The van der Waals surface area contributed by atoms with Crippen LogP contribution in [0, 0.1) is 0 Å². The van der Waals surface area contributed by atoms with Crippen molar-refractivity contribution in [3.05, 3.63) is 54.1 Å². The Labute approximate surface area is 135 Å². The molecule has 0 bridgehead atoms. The van der Waals surface area contributed by atoms with Crippen LogP contribution in [0.5, 0.6) is 0 Å². The number of β-amino-alcohol motifs (C(OH)–C–C–N with tert-alkyl or cyclic N) is 1. The minimum Gasteiger partial charge on any atom is -0.390 e. The van der Waals surface area contributed by atoms with Gasteiger partial charge in [0.2, 0.25) is 5.78 Å². The SMILES string of the molecule is O=C(c1ccccc1)c1nccn1C[C@@H](O)CN1CCOCC1. The van der Waals surface area contributed by atoms with Crippen LogP contribution in [0.4, 0.5) is 0 Å². The summed E-state index contributed by atoms with van der Waals surface area (Å²) in [6.07, 6.45) is 2.78. The Bertz CT molecular complexity index is 636. The first-order valence-electron chi connectivity index (χ1n) is 7.83. The number of morpholine rings is 1. The molecule has 1 aliphatic heterocycles. The Morgan fingerprint density at radius 1 is 1.22 bits per heavy atom. The Morgan fingerprint density at radius 3 is 2.70 bits per heavy atom. The monoisotopic (exact) mass is 315 g/mol. The molecule has 1 atom stereocenters. The van der Waals surface area contributed by atoms with Crippen molar-refractivity contribution in [1.29, 1.82) is 0 Å². The van der Waals surface area contributed by atoms with E-state index in [0.717, 1.165) is 13.1 Å². The van der Waals surface area contributed by atoms with Crippen LogP contribution in [0.15, 0.2) is 42.7 Å². The molecule has 0 aliphatic carbocycles. The largest absolute Gasteiger partial charge is 0.390 e. The lowest BCUT2D eigenvalue weighted by molar-refractivity contribution is 0.0114. The minimum atomic E-state index is -0.551. The van der Waals surface area contributed by atoms with Gasteiger partial charge in [0.15, 0.2) is 5.82 Å². The topological polar surface area (TPSA) is 67.6 Å². The zero-order valence-electron chi connectivity index (χ0n) is 13.0. The Morgan fingerprint density at radius 2 is 1.96 bits per heavy atom. The maximum absolute atomic E-state index is 12.5. The highest BCUT2D eigenvalue weighted by atomic mass is 16.5. The molecule has 2 heterocycles. The molecule has 1 N–H and O–H groups in total. The number of nitrogens with zero attached hydrogens (tertiary/aromatic N) is 3. The van der Waals surface area contributed by atoms with E-state index in [2.05, 4.69) is 9.88 Å². The molecule has 1 aromatic carbocycles. The first-order valence-corrected chi connectivity index (χ1v) is 7.83. The molecule has 6 nitrogen and oxygen atoms in total. The third-order valence-electron chi connectivity index (χ3n) is 3.93. The van der Waals surface area contributed by atoms with Crippen LogP contribution in [0.3, 0.4) is 0 Å². The number of ether oxygens (including phenoxy) is 1. The second-order valence-electron chi connectivity index (χ2n) is 5.67. The molecular formula is C17H21N3O3. The van der Waals surface area contributed by atoms with Crippen molar-refractivity contribution in [3.8, 4) is 0 Å². The number of aromatic nitrogens is 2. The van der Waals surface area contributed by atoms with E-state index in [1.807, 2.05) is 18.2 Å². The summed E-state index contributed by atoms with van der Waals surface area (Å²) in [4.78, 5) is 18.8. The highest BCUT2D eigenvalue weighted by molar-refractivity contribution is 6.06. The van der Waals surface area contributed by atoms with Gasteiger partial charge in [-0.2, -0.15) is 0 Å². The third-order valence-corrected chi connectivity index (χ3v) is 3.93. The number of imidazole rings is 1. The maximum Gasteiger partial charge on any atom is 0.228 e. The highest BCUT2D eigenvalue weighted by Gasteiger charge is 2.19. The van der Waals surface area contributed by atoms with Gasteiger partial charge >= 0.3 is 0 Å². The number of hydrogen-bond donors (Lipinski definition) is 1. The third kappa shape index (κ3) is 4.04. The van der Waals surface area contributed by atoms with E-state index in [-0.39, 0.29) is 5.78 Å². The second-order valence-corrected chi connectivity index (χ2v) is 5.67. The van der Waals surface area contributed by atoms with Crippen LogP contribution < -0.4 is 0 Å². The molecule has 23 heavy (non-hydrogen) atoms. The number of rotatable bonds is 6. The fourth-order valence-electron chi connectivity index (χ4n) is 2.75. The number of carbonyl (C=O) groups is 1. The van der Waals surface area contributed by atoms with Crippen molar-refractivity contribution < 1.29 is 14.6 Å². The zero-order valence-corrected chi connectivity index (χ0v) is 13.0. The van der Waals surface area contributed by atoms with Crippen LogP contribution in [0.25, 0.3) is 0 Å². The van der Waals surface area contributed by atoms with Gasteiger partial charge in [0.1, 0.15) is 0 Å². The molecule has 0 amide bonds. The first kappa shape index (κ1) is 15.9. The lowest BCUT2D eigenvalue weighted by Gasteiger charge is -2.28. The molecule has 0 saturated carbocycles. The fraction of sp³-hybridized carbons (Fsp3) is 0.412. The summed E-state index contributed by atoms with van der Waals surface area (Å²) in [6, 6.07) is 9.06. The maximum atomic E-state index is 12.5. The van der Waals surface area contributed by atoms with Crippen molar-refractivity contribution in [2.45, 2.75) is 12.6 Å². The summed E-state index contributed by atoms with van der Waals surface area (Å²) in [6.45, 7) is 3.99. The van der Waals surface area contributed by atoms with E-state index in [4.69, 9.17) is 4.74 Å². The lowest BCUT2D eigenvalue weighted by atomic mass is 10.1. The van der Waals surface area contributed by atoms with Gasteiger partial charge in [0, 0.05) is 37.6 Å². The van der Waals surface area contributed by atoms with Gasteiger partial charge in [-0.05, 0) is 0 Å². The smallest absolute Gasteiger partial charge is 0.228 e. The van der Waals surface area contributed by atoms with Crippen LogP contribution in [-0.4, -0.2) is 64.3 Å².